The summed E-state index contributed by atoms with van der Waals surface area (Å²) in [7, 11) is 0. The van der Waals surface area contributed by atoms with E-state index in [9.17, 15) is 24.8 Å². The van der Waals surface area contributed by atoms with E-state index in [0.717, 1.165) is 32.1 Å². The number of rotatable bonds is 7. The first kappa shape index (κ1) is 19.3. The lowest BCUT2D eigenvalue weighted by molar-refractivity contribution is -0.384. The standard InChI is InChI=1S/C17H21ClN2O5/c18-15-9-12(8-13(11-22)17(15)20(24)25)10-16(23)19(6-7-21)14-4-2-1-3-5-14/h8-9,11,14,21H,1-7,10H2. The van der Waals surface area contributed by atoms with Gasteiger partial charge in [-0.15, -0.1) is 0 Å². The second kappa shape index (κ2) is 8.92. The number of nitro groups is 1. The fraction of sp³-hybridized carbons (Fsp3) is 0.529. The first-order valence-electron chi connectivity index (χ1n) is 8.30. The van der Waals surface area contributed by atoms with Crippen molar-refractivity contribution in [3.05, 3.63) is 38.4 Å². The molecular formula is C17H21ClN2O5. The van der Waals surface area contributed by atoms with Gasteiger partial charge in [0.2, 0.25) is 5.91 Å². The highest BCUT2D eigenvalue weighted by molar-refractivity contribution is 6.33. The average molecular weight is 369 g/mol. The molecule has 0 atom stereocenters. The zero-order valence-corrected chi connectivity index (χ0v) is 14.6. The molecule has 25 heavy (non-hydrogen) atoms. The second-order valence-electron chi connectivity index (χ2n) is 6.17. The van der Waals surface area contributed by atoms with Crippen molar-refractivity contribution in [2.24, 2.45) is 0 Å². The van der Waals surface area contributed by atoms with Crippen LogP contribution in [0.5, 0.6) is 0 Å². The van der Waals surface area contributed by atoms with Crippen molar-refractivity contribution in [3.8, 4) is 0 Å². The molecule has 136 valence electrons. The molecule has 0 radical (unpaired) electrons. The van der Waals surface area contributed by atoms with E-state index in [4.69, 9.17) is 11.6 Å². The first-order valence-corrected chi connectivity index (χ1v) is 8.68. The molecule has 0 unspecified atom stereocenters. The predicted octanol–water partition coefficient (Wildman–Crippen LogP) is 2.76. The molecule has 1 aromatic carbocycles. The summed E-state index contributed by atoms with van der Waals surface area (Å²) in [5.74, 6) is -0.178. The number of nitrogens with zero attached hydrogens (tertiary/aromatic N) is 2. The lowest BCUT2D eigenvalue weighted by Crippen LogP contribution is -2.43. The Morgan fingerprint density at radius 2 is 2.04 bits per heavy atom. The van der Waals surface area contributed by atoms with Gasteiger partial charge >= 0.3 is 0 Å². The van der Waals surface area contributed by atoms with Crippen LogP contribution in [0.1, 0.15) is 48.0 Å². The van der Waals surface area contributed by atoms with Gasteiger partial charge in [0.05, 0.1) is 23.5 Å². The second-order valence-corrected chi connectivity index (χ2v) is 6.58. The number of nitro benzene ring substituents is 1. The average Bonchev–Trinajstić information content (AvgIpc) is 2.59. The third-order valence-corrected chi connectivity index (χ3v) is 4.78. The van der Waals surface area contributed by atoms with E-state index in [2.05, 4.69) is 0 Å². The summed E-state index contributed by atoms with van der Waals surface area (Å²) in [5, 5.41) is 20.1. The number of hydrogen-bond acceptors (Lipinski definition) is 5. The molecule has 1 aliphatic carbocycles. The van der Waals surface area contributed by atoms with E-state index >= 15 is 0 Å². The van der Waals surface area contributed by atoms with Crippen molar-refractivity contribution in [2.75, 3.05) is 13.2 Å². The third-order valence-electron chi connectivity index (χ3n) is 4.49. The minimum absolute atomic E-state index is 0.0188. The van der Waals surface area contributed by atoms with Gasteiger partial charge in [-0.2, -0.15) is 0 Å². The number of amides is 1. The molecular weight excluding hydrogens is 348 g/mol. The van der Waals surface area contributed by atoms with Crippen LogP contribution in [0.4, 0.5) is 5.69 Å². The molecule has 1 aromatic rings. The van der Waals surface area contributed by atoms with Crippen molar-refractivity contribution < 1.29 is 19.6 Å². The van der Waals surface area contributed by atoms with Gasteiger partial charge in [-0.3, -0.25) is 19.7 Å². The maximum Gasteiger partial charge on any atom is 0.298 e. The molecule has 0 aromatic heterocycles. The summed E-state index contributed by atoms with van der Waals surface area (Å²) >= 11 is 5.92. The number of aliphatic hydroxyl groups excluding tert-OH is 1. The Balaban J connectivity index is 2.21. The Morgan fingerprint density at radius 1 is 1.36 bits per heavy atom. The molecule has 1 amide bonds. The Morgan fingerprint density at radius 3 is 2.60 bits per heavy atom. The van der Waals surface area contributed by atoms with Crippen molar-refractivity contribution >= 4 is 29.5 Å². The number of hydrogen-bond donors (Lipinski definition) is 1. The van der Waals surface area contributed by atoms with Gasteiger partial charge in [0.1, 0.15) is 5.02 Å². The highest BCUT2D eigenvalue weighted by Crippen LogP contribution is 2.30. The van der Waals surface area contributed by atoms with Crippen molar-refractivity contribution in [1.29, 1.82) is 0 Å². The van der Waals surface area contributed by atoms with Crippen LogP contribution in [0.3, 0.4) is 0 Å². The maximum absolute atomic E-state index is 12.7. The number of halogens is 1. The van der Waals surface area contributed by atoms with Gasteiger partial charge in [0.25, 0.3) is 5.69 Å². The fourth-order valence-corrected chi connectivity index (χ4v) is 3.67. The van der Waals surface area contributed by atoms with Gasteiger partial charge in [0, 0.05) is 12.6 Å². The number of aliphatic hydroxyl groups is 1. The molecule has 1 N–H and O–H groups in total. The van der Waals surface area contributed by atoms with Crippen LogP contribution in [0.15, 0.2) is 12.1 Å². The number of carbonyl (C=O) groups excluding carboxylic acids is 2. The first-order chi connectivity index (χ1) is 12.0. The largest absolute Gasteiger partial charge is 0.395 e. The van der Waals surface area contributed by atoms with Gasteiger partial charge in [0.15, 0.2) is 6.29 Å². The van der Waals surface area contributed by atoms with Gasteiger partial charge in [-0.25, -0.2) is 0 Å². The smallest absolute Gasteiger partial charge is 0.298 e. The highest BCUT2D eigenvalue weighted by atomic mass is 35.5. The number of carbonyl (C=O) groups is 2. The van der Waals surface area contributed by atoms with Crippen LogP contribution in [-0.4, -0.2) is 46.3 Å². The lowest BCUT2D eigenvalue weighted by Gasteiger charge is -2.34. The monoisotopic (exact) mass is 368 g/mol. The Bertz CT molecular complexity index is 659. The fourth-order valence-electron chi connectivity index (χ4n) is 3.35. The molecule has 0 aliphatic heterocycles. The molecule has 7 nitrogen and oxygen atoms in total. The molecule has 0 bridgehead atoms. The van der Waals surface area contributed by atoms with Crippen molar-refractivity contribution in [1.82, 2.24) is 4.90 Å². The summed E-state index contributed by atoms with van der Waals surface area (Å²) in [4.78, 5) is 35.8. The lowest BCUT2D eigenvalue weighted by atomic mass is 9.93. The molecule has 2 rings (SSSR count). The Hall–Kier alpha value is -1.99. The normalized spacial score (nSPS) is 15.0. The van der Waals surface area contributed by atoms with Crippen LogP contribution in [-0.2, 0) is 11.2 Å². The molecule has 1 fully saturated rings. The van der Waals surface area contributed by atoms with Gasteiger partial charge in [-0.05, 0) is 30.5 Å². The topological polar surface area (TPSA) is 101 Å². The van der Waals surface area contributed by atoms with Crippen molar-refractivity contribution in [2.45, 2.75) is 44.6 Å². The highest BCUT2D eigenvalue weighted by Gasteiger charge is 2.26. The summed E-state index contributed by atoms with van der Waals surface area (Å²) in [6.07, 6.45) is 5.42. The SMILES string of the molecule is O=Cc1cc(CC(=O)N(CCO)C2CCCCC2)cc(Cl)c1[N+](=O)[O-]. The Kier molecular flexibility index (Phi) is 6.90. The van der Waals surface area contributed by atoms with E-state index in [-0.39, 0.29) is 42.1 Å². The van der Waals surface area contributed by atoms with Crippen LogP contribution in [0.25, 0.3) is 0 Å². The van der Waals surface area contributed by atoms with E-state index in [1.54, 1.807) is 4.90 Å². The quantitative estimate of drug-likeness (QED) is 0.453. The molecule has 8 heteroatoms. The maximum atomic E-state index is 12.7. The van der Waals surface area contributed by atoms with Crippen LogP contribution in [0.2, 0.25) is 5.02 Å². The molecule has 0 heterocycles. The molecule has 0 spiro atoms. The molecule has 1 saturated carbocycles. The minimum Gasteiger partial charge on any atom is -0.395 e. The summed E-state index contributed by atoms with van der Waals surface area (Å²) in [6, 6.07) is 2.78. The predicted molar refractivity (Wildman–Crippen MR) is 92.9 cm³/mol. The van der Waals surface area contributed by atoms with Crippen molar-refractivity contribution in [3.63, 3.8) is 0 Å². The molecule has 0 saturated heterocycles. The zero-order chi connectivity index (χ0) is 18.4. The van der Waals surface area contributed by atoms with E-state index < -0.39 is 10.6 Å². The molecule has 1 aliphatic rings. The van der Waals surface area contributed by atoms with Crippen LogP contribution in [0, 0.1) is 10.1 Å². The van der Waals surface area contributed by atoms with Gasteiger partial charge in [-0.1, -0.05) is 30.9 Å². The van der Waals surface area contributed by atoms with E-state index in [0.29, 0.717) is 11.8 Å². The zero-order valence-electron chi connectivity index (χ0n) is 13.8. The van der Waals surface area contributed by atoms with Crippen LogP contribution >= 0.6 is 11.6 Å². The van der Waals surface area contributed by atoms with Crippen LogP contribution < -0.4 is 0 Å². The Labute approximate surface area is 150 Å². The third kappa shape index (κ3) is 4.76. The number of benzene rings is 1. The summed E-state index contributed by atoms with van der Waals surface area (Å²) in [5.41, 5.74) is -0.152. The number of aldehydes is 1. The van der Waals surface area contributed by atoms with Gasteiger partial charge < -0.3 is 10.0 Å². The van der Waals surface area contributed by atoms with E-state index in [1.807, 2.05) is 0 Å². The summed E-state index contributed by atoms with van der Waals surface area (Å²) in [6.45, 7) is 0.133. The van der Waals surface area contributed by atoms with E-state index in [1.165, 1.54) is 12.1 Å². The minimum atomic E-state index is -0.711. The summed E-state index contributed by atoms with van der Waals surface area (Å²) < 4.78 is 0.